The number of morpholine rings is 1. The summed E-state index contributed by atoms with van der Waals surface area (Å²) in [6, 6.07) is 1.99. The van der Waals surface area contributed by atoms with E-state index in [1.165, 1.54) is 0 Å². The zero-order valence-electron chi connectivity index (χ0n) is 16.0. The fourth-order valence-corrected chi connectivity index (χ4v) is 3.58. The second kappa shape index (κ2) is 7.85. The highest BCUT2D eigenvalue weighted by Gasteiger charge is 2.30. The molecule has 0 aliphatic carbocycles. The lowest BCUT2D eigenvalue weighted by atomic mass is 10.1. The molecular formula is C20H24N6O2. The third kappa shape index (κ3) is 3.38. The van der Waals surface area contributed by atoms with E-state index < -0.39 is 0 Å². The molecule has 146 valence electrons. The molecule has 1 N–H and O–H groups in total. The molecule has 2 aliphatic heterocycles. The van der Waals surface area contributed by atoms with Crippen LogP contribution in [0.4, 0.5) is 17.6 Å². The number of aromatic nitrogens is 4. The molecule has 0 aromatic carbocycles. The molecular weight excluding hydrogens is 356 g/mol. The Labute approximate surface area is 164 Å². The molecule has 8 nitrogen and oxygen atoms in total. The number of ether oxygens (including phenoxy) is 1. The standard InChI is InChI=1S/C20H24N6O2/c1-3-4-15(7-12-27)18-16-5-9-26(17-6-8-24(2)23-17)19(16)22-20(21-18)25-10-13-28-14-11-25/h3-4,6-8,12,27H,1,5,9-11,13-14H2,2H3/b12-7+,15-4+. The van der Waals surface area contributed by atoms with Crippen LogP contribution in [0, 0.1) is 0 Å². The smallest absolute Gasteiger partial charge is 0.228 e. The minimum Gasteiger partial charge on any atom is -0.516 e. The monoisotopic (exact) mass is 380 g/mol. The Kier molecular flexibility index (Phi) is 5.12. The summed E-state index contributed by atoms with van der Waals surface area (Å²) in [5.74, 6) is 2.40. The number of hydrogen-bond donors (Lipinski definition) is 1. The summed E-state index contributed by atoms with van der Waals surface area (Å²) in [6.45, 7) is 7.39. The quantitative estimate of drug-likeness (QED) is 0.630. The maximum atomic E-state index is 9.37. The second-order valence-corrected chi connectivity index (χ2v) is 6.70. The first kappa shape index (κ1) is 18.2. The van der Waals surface area contributed by atoms with Crippen LogP contribution in [-0.2, 0) is 18.2 Å². The minimum absolute atomic E-state index is 0.658. The van der Waals surface area contributed by atoms with Gasteiger partial charge in [0.15, 0.2) is 5.82 Å². The molecule has 4 rings (SSSR count). The lowest BCUT2D eigenvalue weighted by Gasteiger charge is -2.28. The van der Waals surface area contributed by atoms with Gasteiger partial charge in [-0.1, -0.05) is 18.7 Å². The molecule has 0 bridgehead atoms. The van der Waals surface area contributed by atoms with Crippen molar-refractivity contribution < 1.29 is 9.84 Å². The predicted molar refractivity (Wildman–Crippen MR) is 109 cm³/mol. The maximum absolute atomic E-state index is 9.37. The Morgan fingerprint density at radius 3 is 2.75 bits per heavy atom. The lowest BCUT2D eigenvalue weighted by molar-refractivity contribution is 0.122. The van der Waals surface area contributed by atoms with Crippen LogP contribution in [0.2, 0.25) is 0 Å². The molecule has 0 saturated carbocycles. The van der Waals surface area contributed by atoms with Crippen molar-refractivity contribution in [3.63, 3.8) is 0 Å². The third-order valence-corrected chi connectivity index (χ3v) is 4.91. The summed E-state index contributed by atoms with van der Waals surface area (Å²) in [5.41, 5.74) is 2.66. The van der Waals surface area contributed by atoms with E-state index in [9.17, 15) is 5.11 Å². The predicted octanol–water partition coefficient (Wildman–Crippen LogP) is 2.38. The van der Waals surface area contributed by atoms with Gasteiger partial charge in [0.2, 0.25) is 5.95 Å². The van der Waals surface area contributed by atoms with Gasteiger partial charge in [-0.3, -0.25) is 4.68 Å². The highest BCUT2D eigenvalue weighted by atomic mass is 16.5. The van der Waals surface area contributed by atoms with Gasteiger partial charge in [0.25, 0.3) is 0 Å². The summed E-state index contributed by atoms with van der Waals surface area (Å²) < 4.78 is 7.26. The van der Waals surface area contributed by atoms with Crippen LogP contribution in [0.5, 0.6) is 0 Å². The van der Waals surface area contributed by atoms with Crippen molar-refractivity contribution in [3.05, 3.63) is 54.6 Å². The molecule has 2 aromatic heterocycles. The van der Waals surface area contributed by atoms with Crippen LogP contribution in [-0.4, -0.2) is 57.7 Å². The second-order valence-electron chi connectivity index (χ2n) is 6.70. The molecule has 8 heteroatoms. The van der Waals surface area contributed by atoms with E-state index in [1.54, 1.807) is 16.8 Å². The van der Waals surface area contributed by atoms with Gasteiger partial charge in [-0.2, -0.15) is 10.1 Å². The SMILES string of the molecule is C=C/C=C(\C=C\O)c1nc(N2CCOCC2)nc2c1CCN2c1ccn(C)n1. The Balaban J connectivity index is 1.85. The van der Waals surface area contributed by atoms with Crippen LogP contribution in [0.25, 0.3) is 5.57 Å². The van der Waals surface area contributed by atoms with Crippen LogP contribution in [0.1, 0.15) is 11.3 Å². The van der Waals surface area contributed by atoms with E-state index >= 15 is 0 Å². The van der Waals surface area contributed by atoms with Crippen molar-refractivity contribution in [1.82, 2.24) is 19.7 Å². The summed E-state index contributed by atoms with van der Waals surface area (Å²) >= 11 is 0. The lowest BCUT2D eigenvalue weighted by Crippen LogP contribution is -2.37. The van der Waals surface area contributed by atoms with Crippen LogP contribution in [0.15, 0.2) is 43.3 Å². The fraction of sp³-hybridized carbons (Fsp3) is 0.350. The van der Waals surface area contributed by atoms with Gasteiger partial charge in [0.05, 0.1) is 25.2 Å². The van der Waals surface area contributed by atoms with Crippen LogP contribution in [0.3, 0.4) is 0 Å². The zero-order valence-corrected chi connectivity index (χ0v) is 16.0. The van der Waals surface area contributed by atoms with Crippen molar-refractivity contribution >= 4 is 23.2 Å². The average Bonchev–Trinajstić information content (AvgIpc) is 3.33. The minimum atomic E-state index is 0.658. The maximum Gasteiger partial charge on any atom is 0.228 e. The first-order chi connectivity index (χ1) is 13.7. The summed E-state index contributed by atoms with van der Waals surface area (Å²) in [6.07, 6.45) is 8.94. The topological polar surface area (TPSA) is 79.5 Å². The number of aryl methyl sites for hydroxylation is 1. The van der Waals surface area contributed by atoms with E-state index in [4.69, 9.17) is 14.7 Å². The molecule has 0 unspecified atom stereocenters. The number of anilines is 3. The largest absolute Gasteiger partial charge is 0.516 e. The number of aliphatic hydroxyl groups excluding tert-OH is 1. The molecule has 0 spiro atoms. The summed E-state index contributed by atoms with van der Waals surface area (Å²) in [7, 11) is 1.90. The van der Waals surface area contributed by atoms with E-state index in [-0.39, 0.29) is 0 Å². The van der Waals surface area contributed by atoms with Crippen molar-refractivity contribution in [2.75, 3.05) is 42.6 Å². The Hall–Kier alpha value is -3.13. The normalized spacial score (nSPS) is 17.4. The molecule has 2 aliphatic rings. The number of rotatable bonds is 5. The molecule has 0 radical (unpaired) electrons. The van der Waals surface area contributed by atoms with E-state index in [2.05, 4.69) is 21.5 Å². The summed E-state index contributed by atoms with van der Waals surface area (Å²) in [5, 5.41) is 13.9. The highest BCUT2D eigenvalue weighted by Crippen LogP contribution is 2.37. The zero-order chi connectivity index (χ0) is 19.5. The van der Waals surface area contributed by atoms with Gasteiger partial charge in [-0.25, -0.2) is 4.98 Å². The Bertz CT molecular complexity index is 927. The van der Waals surface area contributed by atoms with Gasteiger partial charge in [-0.05, 0) is 12.5 Å². The van der Waals surface area contributed by atoms with E-state index in [0.29, 0.717) is 19.2 Å². The first-order valence-corrected chi connectivity index (χ1v) is 9.36. The Morgan fingerprint density at radius 2 is 2.07 bits per heavy atom. The molecule has 1 saturated heterocycles. The van der Waals surface area contributed by atoms with Crippen molar-refractivity contribution in [3.8, 4) is 0 Å². The molecule has 2 aromatic rings. The van der Waals surface area contributed by atoms with Gasteiger partial charge in [-0.15, -0.1) is 0 Å². The number of aliphatic hydroxyl groups is 1. The van der Waals surface area contributed by atoms with Crippen LogP contribution >= 0.6 is 0 Å². The van der Waals surface area contributed by atoms with Gasteiger partial charge in [0.1, 0.15) is 5.82 Å². The van der Waals surface area contributed by atoms with Crippen molar-refractivity contribution in [2.24, 2.45) is 7.05 Å². The van der Waals surface area contributed by atoms with E-state index in [1.807, 2.05) is 25.4 Å². The highest BCUT2D eigenvalue weighted by molar-refractivity contribution is 5.80. The third-order valence-electron chi connectivity index (χ3n) is 4.91. The van der Waals surface area contributed by atoms with Gasteiger partial charge < -0.3 is 19.6 Å². The Morgan fingerprint density at radius 1 is 1.25 bits per heavy atom. The molecule has 4 heterocycles. The molecule has 1 fully saturated rings. The fourth-order valence-electron chi connectivity index (χ4n) is 3.58. The first-order valence-electron chi connectivity index (χ1n) is 9.36. The van der Waals surface area contributed by atoms with Gasteiger partial charge >= 0.3 is 0 Å². The summed E-state index contributed by atoms with van der Waals surface area (Å²) in [4.78, 5) is 14.0. The van der Waals surface area contributed by atoms with Crippen molar-refractivity contribution in [2.45, 2.75) is 6.42 Å². The van der Waals surface area contributed by atoms with Crippen molar-refractivity contribution in [1.29, 1.82) is 0 Å². The van der Waals surface area contributed by atoms with E-state index in [0.717, 1.165) is 60.8 Å². The number of nitrogens with zero attached hydrogens (tertiary/aromatic N) is 6. The van der Waals surface area contributed by atoms with Gasteiger partial charge in [0, 0.05) is 50.1 Å². The molecule has 0 amide bonds. The molecule has 28 heavy (non-hydrogen) atoms. The number of fused-ring (bicyclic) bond motifs is 1. The molecule has 0 atom stereocenters. The average molecular weight is 380 g/mol. The van der Waals surface area contributed by atoms with Crippen LogP contribution < -0.4 is 9.80 Å². The number of hydrogen-bond acceptors (Lipinski definition) is 7. The number of allylic oxidation sites excluding steroid dienone is 4.